The van der Waals surface area contributed by atoms with Crippen molar-refractivity contribution < 1.29 is 14.9 Å². The standard InChI is InChI=1S/C9H18O3/c1-7(2)6-12-9(5-10)4-8(3)11/h8-11H,1,4-6H2,2-3H3. The Morgan fingerprint density at radius 2 is 2.17 bits per heavy atom. The maximum atomic E-state index is 9.01. The van der Waals surface area contributed by atoms with Crippen LogP contribution in [0.2, 0.25) is 0 Å². The van der Waals surface area contributed by atoms with Crippen LogP contribution in [-0.4, -0.2) is 35.6 Å². The average Bonchev–Trinajstić information content (AvgIpc) is 1.97. The first-order chi connectivity index (χ1) is 5.56. The fourth-order valence-electron chi connectivity index (χ4n) is 0.836. The van der Waals surface area contributed by atoms with Crippen LogP contribution in [0.25, 0.3) is 0 Å². The van der Waals surface area contributed by atoms with Gasteiger partial charge in [-0.05, 0) is 13.8 Å². The normalized spacial score (nSPS) is 15.7. The van der Waals surface area contributed by atoms with Crippen molar-refractivity contribution in [3.8, 4) is 0 Å². The van der Waals surface area contributed by atoms with Gasteiger partial charge in [0.05, 0.1) is 25.4 Å². The Morgan fingerprint density at radius 3 is 2.50 bits per heavy atom. The number of hydrogen-bond acceptors (Lipinski definition) is 3. The first-order valence-electron chi connectivity index (χ1n) is 4.11. The van der Waals surface area contributed by atoms with Crippen LogP contribution >= 0.6 is 0 Å². The molecule has 0 rings (SSSR count). The Labute approximate surface area is 73.7 Å². The second-order valence-electron chi connectivity index (χ2n) is 3.16. The van der Waals surface area contributed by atoms with Gasteiger partial charge in [-0.25, -0.2) is 0 Å². The van der Waals surface area contributed by atoms with Crippen LogP contribution in [0.15, 0.2) is 12.2 Å². The van der Waals surface area contributed by atoms with E-state index in [4.69, 9.17) is 14.9 Å². The van der Waals surface area contributed by atoms with Crippen molar-refractivity contribution in [3.63, 3.8) is 0 Å². The van der Waals surface area contributed by atoms with Gasteiger partial charge in [-0.15, -0.1) is 0 Å². The number of rotatable bonds is 6. The molecule has 0 aliphatic carbocycles. The summed E-state index contributed by atoms with van der Waals surface area (Å²) in [6, 6.07) is 0. The van der Waals surface area contributed by atoms with Crippen molar-refractivity contribution >= 4 is 0 Å². The molecule has 0 bridgehead atoms. The van der Waals surface area contributed by atoms with E-state index >= 15 is 0 Å². The third-order valence-electron chi connectivity index (χ3n) is 1.37. The molecule has 0 aromatic heterocycles. The van der Waals surface area contributed by atoms with Gasteiger partial charge in [-0.2, -0.15) is 0 Å². The molecule has 0 aliphatic heterocycles. The van der Waals surface area contributed by atoms with Crippen molar-refractivity contribution in [1.29, 1.82) is 0 Å². The van der Waals surface area contributed by atoms with E-state index in [9.17, 15) is 0 Å². The van der Waals surface area contributed by atoms with Crippen LogP contribution < -0.4 is 0 Å². The predicted molar refractivity (Wildman–Crippen MR) is 47.9 cm³/mol. The second kappa shape index (κ2) is 6.17. The lowest BCUT2D eigenvalue weighted by atomic mass is 10.2. The molecule has 12 heavy (non-hydrogen) atoms. The molecular weight excluding hydrogens is 156 g/mol. The summed E-state index contributed by atoms with van der Waals surface area (Å²) in [4.78, 5) is 0. The van der Waals surface area contributed by atoms with Crippen LogP contribution in [-0.2, 0) is 4.74 Å². The SMILES string of the molecule is C=C(C)COC(CO)CC(C)O. The van der Waals surface area contributed by atoms with Crippen molar-refractivity contribution in [1.82, 2.24) is 0 Å². The van der Waals surface area contributed by atoms with Gasteiger partial charge < -0.3 is 14.9 Å². The van der Waals surface area contributed by atoms with Crippen LogP contribution in [0.4, 0.5) is 0 Å². The molecule has 0 amide bonds. The summed E-state index contributed by atoms with van der Waals surface area (Å²) in [5, 5.41) is 17.8. The Morgan fingerprint density at radius 1 is 1.58 bits per heavy atom. The van der Waals surface area contributed by atoms with Crippen LogP contribution in [0, 0.1) is 0 Å². The summed E-state index contributed by atoms with van der Waals surface area (Å²) in [7, 11) is 0. The van der Waals surface area contributed by atoms with Crippen molar-refractivity contribution in [2.75, 3.05) is 13.2 Å². The van der Waals surface area contributed by atoms with Crippen molar-refractivity contribution in [2.45, 2.75) is 32.5 Å². The van der Waals surface area contributed by atoms with Gasteiger partial charge in [0.1, 0.15) is 0 Å². The molecular formula is C9H18O3. The van der Waals surface area contributed by atoms with E-state index in [1.165, 1.54) is 0 Å². The lowest BCUT2D eigenvalue weighted by Gasteiger charge is -2.16. The Balaban J connectivity index is 3.60. The zero-order valence-corrected chi connectivity index (χ0v) is 7.79. The highest BCUT2D eigenvalue weighted by atomic mass is 16.5. The van der Waals surface area contributed by atoms with E-state index in [-0.39, 0.29) is 12.7 Å². The minimum atomic E-state index is -0.438. The summed E-state index contributed by atoms with van der Waals surface area (Å²) < 4.78 is 5.25. The van der Waals surface area contributed by atoms with E-state index in [2.05, 4.69) is 6.58 Å². The molecule has 2 N–H and O–H groups in total. The number of aliphatic hydroxyl groups is 2. The Kier molecular flexibility index (Phi) is 5.98. The van der Waals surface area contributed by atoms with E-state index in [0.29, 0.717) is 13.0 Å². The zero-order valence-electron chi connectivity index (χ0n) is 7.79. The minimum absolute atomic E-state index is 0.0574. The van der Waals surface area contributed by atoms with E-state index in [0.717, 1.165) is 5.57 Å². The molecule has 0 saturated carbocycles. The molecule has 0 saturated heterocycles. The highest BCUT2D eigenvalue weighted by molar-refractivity contribution is 4.87. The molecule has 0 aromatic rings. The first-order valence-corrected chi connectivity index (χ1v) is 4.11. The van der Waals surface area contributed by atoms with Gasteiger partial charge in [0.15, 0.2) is 0 Å². The fourth-order valence-corrected chi connectivity index (χ4v) is 0.836. The van der Waals surface area contributed by atoms with Gasteiger partial charge in [0, 0.05) is 6.42 Å². The summed E-state index contributed by atoms with van der Waals surface area (Å²) >= 11 is 0. The number of hydrogen-bond donors (Lipinski definition) is 2. The Hall–Kier alpha value is -0.380. The highest BCUT2D eigenvalue weighted by Gasteiger charge is 2.10. The van der Waals surface area contributed by atoms with Crippen LogP contribution in [0.3, 0.4) is 0 Å². The van der Waals surface area contributed by atoms with Crippen molar-refractivity contribution in [3.05, 3.63) is 12.2 Å². The first kappa shape index (κ1) is 11.6. The second-order valence-corrected chi connectivity index (χ2v) is 3.16. The summed E-state index contributed by atoms with van der Waals surface area (Å²) in [6.07, 6.45) is -0.252. The molecule has 72 valence electrons. The molecule has 3 heteroatoms. The van der Waals surface area contributed by atoms with Gasteiger partial charge in [-0.1, -0.05) is 12.2 Å². The van der Waals surface area contributed by atoms with Gasteiger partial charge in [-0.3, -0.25) is 0 Å². The molecule has 0 radical (unpaired) electrons. The predicted octanol–water partition coefficient (Wildman–Crippen LogP) is 0.711. The average molecular weight is 174 g/mol. The maximum Gasteiger partial charge on any atom is 0.0834 e. The highest BCUT2D eigenvalue weighted by Crippen LogP contribution is 2.03. The largest absolute Gasteiger partial charge is 0.394 e. The number of aliphatic hydroxyl groups excluding tert-OH is 2. The lowest BCUT2D eigenvalue weighted by molar-refractivity contribution is -0.00436. The van der Waals surface area contributed by atoms with Gasteiger partial charge in [0.2, 0.25) is 0 Å². The van der Waals surface area contributed by atoms with E-state index in [1.807, 2.05) is 6.92 Å². The van der Waals surface area contributed by atoms with Gasteiger partial charge in [0.25, 0.3) is 0 Å². The Bertz CT molecular complexity index is 132. The molecule has 0 spiro atoms. The third-order valence-corrected chi connectivity index (χ3v) is 1.37. The smallest absolute Gasteiger partial charge is 0.0834 e. The fraction of sp³-hybridized carbons (Fsp3) is 0.778. The summed E-state index contributed by atoms with van der Waals surface area (Å²) in [5.74, 6) is 0. The summed E-state index contributed by atoms with van der Waals surface area (Å²) in [6.45, 7) is 7.59. The van der Waals surface area contributed by atoms with E-state index in [1.54, 1.807) is 6.92 Å². The lowest BCUT2D eigenvalue weighted by Crippen LogP contribution is -2.23. The van der Waals surface area contributed by atoms with Crippen LogP contribution in [0.1, 0.15) is 20.3 Å². The maximum absolute atomic E-state index is 9.01. The molecule has 0 fully saturated rings. The van der Waals surface area contributed by atoms with Crippen LogP contribution in [0.5, 0.6) is 0 Å². The molecule has 0 heterocycles. The monoisotopic (exact) mass is 174 g/mol. The van der Waals surface area contributed by atoms with Crippen molar-refractivity contribution in [2.24, 2.45) is 0 Å². The third kappa shape index (κ3) is 6.34. The molecule has 0 aromatic carbocycles. The molecule has 2 unspecified atom stereocenters. The summed E-state index contributed by atoms with van der Waals surface area (Å²) in [5.41, 5.74) is 0.916. The molecule has 2 atom stereocenters. The molecule has 3 nitrogen and oxygen atoms in total. The van der Waals surface area contributed by atoms with Gasteiger partial charge >= 0.3 is 0 Å². The molecule has 0 aliphatic rings. The zero-order chi connectivity index (χ0) is 9.56. The number of ether oxygens (including phenoxy) is 1. The minimum Gasteiger partial charge on any atom is -0.394 e. The quantitative estimate of drug-likeness (QED) is 0.583. The van der Waals surface area contributed by atoms with E-state index < -0.39 is 6.10 Å². The topological polar surface area (TPSA) is 49.7 Å².